The van der Waals surface area contributed by atoms with E-state index < -0.39 is 13.6 Å². The van der Waals surface area contributed by atoms with Crippen molar-refractivity contribution in [1.82, 2.24) is 0 Å². The van der Waals surface area contributed by atoms with Crippen LogP contribution in [0.3, 0.4) is 0 Å². The number of nitrogens with two attached hydrogens (primary N) is 1. The third kappa shape index (κ3) is 3.87. The zero-order valence-electron chi connectivity index (χ0n) is 8.60. The summed E-state index contributed by atoms with van der Waals surface area (Å²) in [7, 11) is 0.0752. The lowest BCUT2D eigenvalue weighted by atomic mass is 10.1. The maximum atomic E-state index is 11.2. The van der Waals surface area contributed by atoms with E-state index in [9.17, 15) is 4.79 Å². The van der Waals surface area contributed by atoms with Crippen LogP contribution >= 0.6 is 0 Å². The molecule has 72 valence electrons. The first kappa shape index (κ1) is 11.6. The Morgan fingerprint density at radius 3 is 2.17 bits per heavy atom. The van der Waals surface area contributed by atoms with Crippen LogP contribution in [0.4, 0.5) is 0 Å². The van der Waals surface area contributed by atoms with Gasteiger partial charge >= 0.3 is 5.97 Å². The lowest BCUT2D eigenvalue weighted by molar-refractivity contribution is -0.145. The van der Waals surface area contributed by atoms with Gasteiger partial charge in [-0.2, -0.15) is 0 Å². The van der Waals surface area contributed by atoms with E-state index in [2.05, 4.69) is 24.4 Å². The first-order valence-electron chi connectivity index (χ1n) is 4.06. The molecular weight excluding hydrogens is 170 g/mol. The Kier molecular flexibility index (Phi) is 3.47. The predicted octanol–water partition coefficient (Wildman–Crippen LogP) is 1.21. The molecule has 1 atom stereocenters. The molecule has 0 aromatic carbocycles. The summed E-state index contributed by atoms with van der Waals surface area (Å²) >= 11 is 0. The van der Waals surface area contributed by atoms with E-state index in [0.29, 0.717) is 0 Å². The summed E-state index contributed by atoms with van der Waals surface area (Å²) in [6.07, 6.45) is 0. The molecule has 0 aliphatic rings. The summed E-state index contributed by atoms with van der Waals surface area (Å²) in [6.45, 7) is 8.28. The third-order valence-electron chi connectivity index (χ3n) is 1.55. The number of rotatable bonds is 3. The SMILES string of the molecule is COC(=O)[C@](C)(N)C[Si](C)(C)C. The predicted molar refractivity (Wildman–Crippen MR) is 52.8 cm³/mol. The van der Waals surface area contributed by atoms with Gasteiger partial charge in [-0.05, 0) is 13.0 Å². The molecule has 4 heteroatoms. The van der Waals surface area contributed by atoms with Crippen LogP contribution < -0.4 is 5.73 Å². The highest BCUT2D eigenvalue weighted by Crippen LogP contribution is 2.19. The van der Waals surface area contributed by atoms with E-state index in [-0.39, 0.29) is 5.97 Å². The minimum Gasteiger partial charge on any atom is -0.468 e. The molecule has 0 spiro atoms. The van der Waals surface area contributed by atoms with Gasteiger partial charge in [0.15, 0.2) is 0 Å². The first-order chi connectivity index (χ1) is 5.19. The van der Waals surface area contributed by atoms with Gasteiger partial charge in [0, 0.05) is 8.07 Å². The Balaban J connectivity index is 4.32. The molecule has 0 aliphatic carbocycles. The van der Waals surface area contributed by atoms with Crippen LogP contribution in [0.2, 0.25) is 25.7 Å². The van der Waals surface area contributed by atoms with Crippen LogP contribution in [0.5, 0.6) is 0 Å². The van der Waals surface area contributed by atoms with E-state index in [1.807, 2.05) is 0 Å². The highest BCUT2D eigenvalue weighted by Gasteiger charge is 2.34. The zero-order valence-corrected chi connectivity index (χ0v) is 9.60. The molecule has 0 rings (SSSR count). The van der Waals surface area contributed by atoms with Gasteiger partial charge in [-0.1, -0.05) is 19.6 Å². The molecule has 0 unspecified atom stereocenters. The minimum absolute atomic E-state index is 0.315. The molecule has 0 radical (unpaired) electrons. The molecular formula is C8H19NO2Si. The van der Waals surface area contributed by atoms with Gasteiger partial charge in [-0.3, -0.25) is 4.79 Å². The molecule has 0 fully saturated rings. The van der Waals surface area contributed by atoms with Gasteiger partial charge < -0.3 is 10.5 Å². The van der Waals surface area contributed by atoms with Crippen LogP contribution in [0.15, 0.2) is 0 Å². The van der Waals surface area contributed by atoms with E-state index >= 15 is 0 Å². The van der Waals surface area contributed by atoms with Crippen molar-refractivity contribution in [3.63, 3.8) is 0 Å². The molecule has 0 bridgehead atoms. The molecule has 0 saturated carbocycles. The van der Waals surface area contributed by atoms with Crippen LogP contribution in [-0.2, 0) is 9.53 Å². The van der Waals surface area contributed by atoms with Gasteiger partial charge in [0.25, 0.3) is 0 Å². The second-order valence-electron chi connectivity index (χ2n) is 4.65. The second kappa shape index (κ2) is 3.58. The fourth-order valence-corrected chi connectivity index (χ4v) is 3.75. The molecule has 0 aromatic heterocycles. The van der Waals surface area contributed by atoms with Crippen molar-refractivity contribution in [2.24, 2.45) is 5.73 Å². The number of carbonyl (C=O) groups is 1. The summed E-state index contributed by atoms with van der Waals surface area (Å²) in [6, 6.07) is 0.757. The Hall–Kier alpha value is -0.353. The number of hydrogen-bond donors (Lipinski definition) is 1. The van der Waals surface area contributed by atoms with E-state index in [1.54, 1.807) is 6.92 Å². The maximum Gasteiger partial charge on any atom is 0.325 e. The summed E-state index contributed by atoms with van der Waals surface area (Å²) in [5, 5.41) is 0. The van der Waals surface area contributed by atoms with Crippen LogP contribution in [-0.4, -0.2) is 26.7 Å². The van der Waals surface area contributed by atoms with Crippen LogP contribution in [0.25, 0.3) is 0 Å². The highest BCUT2D eigenvalue weighted by molar-refractivity contribution is 6.76. The smallest absolute Gasteiger partial charge is 0.325 e. The average Bonchev–Trinajstić information content (AvgIpc) is 1.80. The Morgan fingerprint density at radius 2 is 1.92 bits per heavy atom. The van der Waals surface area contributed by atoms with Crippen molar-refractivity contribution >= 4 is 14.0 Å². The Bertz CT molecular complexity index is 172. The van der Waals surface area contributed by atoms with Crippen molar-refractivity contribution in [3.05, 3.63) is 0 Å². The molecule has 0 amide bonds. The van der Waals surface area contributed by atoms with Gasteiger partial charge in [0.1, 0.15) is 5.54 Å². The van der Waals surface area contributed by atoms with Crippen LogP contribution in [0.1, 0.15) is 6.92 Å². The highest BCUT2D eigenvalue weighted by atomic mass is 28.3. The van der Waals surface area contributed by atoms with Gasteiger partial charge in [-0.15, -0.1) is 0 Å². The Morgan fingerprint density at radius 1 is 1.50 bits per heavy atom. The lowest BCUT2D eigenvalue weighted by Crippen LogP contribution is -2.50. The number of hydrogen-bond acceptors (Lipinski definition) is 3. The quantitative estimate of drug-likeness (QED) is 0.536. The Labute approximate surface area is 75.3 Å². The third-order valence-corrected chi connectivity index (χ3v) is 3.34. The summed E-state index contributed by atoms with van der Waals surface area (Å²) in [5.41, 5.74) is 5.01. The molecule has 12 heavy (non-hydrogen) atoms. The largest absolute Gasteiger partial charge is 0.468 e. The monoisotopic (exact) mass is 189 g/mol. The number of carbonyl (C=O) groups excluding carboxylic acids is 1. The number of ether oxygens (including phenoxy) is 1. The summed E-state index contributed by atoms with van der Waals surface area (Å²) < 4.78 is 4.62. The van der Waals surface area contributed by atoms with Crippen molar-refractivity contribution in [2.75, 3.05) is 7.11 Å². The molecule has 3 nitrogen and oxygen atoms in total. The topological polar surface area (TPSA) is 52.3 Å². The van der Waals surface area contributed by atoms with E-state index in [1.165, 1.54) is 7.11 Å². The number of esters is 1. The number of methoxy groups -OCH3 is 1. The van der Waals surface area contributed by atoms with Crippen molar-refractivity contribution in [2.45, 2.75) is 38.1 Å². The first-order valence-corrected chi connectivity index (χ1v) is 7.77. The van der Waals surface area contributed by atoms with E-state index in [0.717, 1.165) is 6.04 Å². The molecule has 0 saturated heterocycles. The summed E-state index contributed by atoms with van der Waals surface area (Å²) in [5.74, 6) is -0.315. The van der Waals surface area contributed by atoms with Crippen molar-refractivity contribution in [3.8, 4) is 0 Å². The van der Waals surface area contributed by atoms with Gasteiger partial charge in [0.05, 0.1) is 7.11 Å². The lowest BCUT2D eigenvalue weighted by Gasteiger charge is -2.28. The molecule has 2 N–H and O–H groups in total. The van der Waals surface area contributed by atoms with E-state index in [4.69, 9.17) is 5.73 Å². The average molecular weight is 189 g/mol. The van der Waals surface area contributed by atoms with Crippen LogP contribution in [0, 0.1) is 0 Å². The van der Waals surface area contributed by atoms with Gasteiger partial charge in [-0.25, -0.2) is 0 Å². The summed E-state index contributed by atoms with van der Waals surface area (Å²) in [4.78, 5) is 11.2. The van der Waals surface area contributed by atoms with Crippen molar-refractivity contribution < 1.29 is 9.53 Å². The normalized spacial score (nSPS) is 16.8. The standard InChI is InChI=1S/C8H19NO2Si/c1-8(9,7(10)11-2)6-12(3,4)5/h6,9H2,1-5H3/t8-/m1/s1. The van der Waals surface area contributed by atoms with Gasteiger partial charge in [0.2, 0.25) is 0 Å². The fourth-order valence-electron chi connectivity index (χ4n) is 1.41. The van der Waals surface area contributed by atoms with Crippen molar-refractivity contribution in [1.29, 1.82) is 0 Å². The second-order valence-corrected chi connectivity index (χ2v) is 10.1. The maximum absolute atomic E-state index is 11.2. The minimum atomic E-state index is -1.30. The fraction of sp³-hybridized carbons (Fsp3) is 0.875. The zero-order chi connectivity index (χ0) is 9.99. The molecule has 0 aromatic rings. The molecule has 0 heterocycles. The molecule has 0 aliphatic heterocycles.